The number of aliphatic carboxylic acids is 3. The number of unbranched alkanes of at least 4 members (excludes halogenated alkanes) is 18. The molecule has 0 amide bonds. The molecule has 0 aliphatic heterocycles. The first-order valence-electron chi connectivity index (χ1n) is 14.9. The Bertz CT molecular complexity index is 578. The maximum atomic E-state index is 11.2. The number of rotatable bonds is 28. The fourth-order valence-corrected chi connectivity index (χ4v) is 5.01. The third-order valence-corrected chi connectivity index (χ3v) is 7.05. The summed E-state index contributed by atoms with van der Waals surface area (Å²) < 4.78 is -0.499. The maximum Gasteiger partial charge on any atom is 0.359 e. The number of quaternary nitrogens is 1. The van der Waals surface area contributed by atoms with Gasteiger partial charge in [0.2, 0.25) is 0 Å². The Balaban J connectivity index is 3.66. The van der Waals surface area contributed by atoms with E-state index in [2.05, 4.69) is 19.1 Å². The summed E-state index contributed by atoms with van der Waals surface area (Å²) in [5, 5.41) is 29.3. The van der Waals surface area contributed by atoms with Crippen LogP contribution in [-0.2, 0) is 14.4 Å². The smallest absolute Gasteiger partial charge is 0.359 e. The highest BCUT2D eigenvalue weighted by Gasteiger charge is 2.33. The van der Waals surface area contributed by atoms with Gasteiger partial charge in [-0.3, -0.25) is 0 Å². The number of hydrogen-bond donors (Lipinski definition) is 2. The average Bonchev–Trinajstić information content (AvgIpc) is 2.81. The first-order valence-corrected chi connectivity index (χ1v) is 14.9. The normalized spacial score (nSPS) is 11.8. The van der Waals surface area contributed by atoms with E-state index in [1.54, 1.807) is 0 Å². The molecule has 0 saturated heterocycles. The van der Waals surface area contributed by atoms with Gasteiger partial charge < -0.3 is 24.6 Å². The second-order valence-electron chi connectivity index (χ2n) is 10.8. The summed E-state index contributed by atoms with van der Waals surface area (Å²) in [6.45, 7) is 0.859. The Morgan fingerprint density at radius 1 is 0.568 bits per heavy atom. The molecule has 37 heavy (non-hydrogen) atoms. The molecule has 0 heterocycles. The molecule has 0 aliphatic rings. The van der Waals surface area contributed by atoms with Crippen LogP contribution in [-0.4, -0.2) is 58.8 Å². The molecule has 0 radical (unpaired) electrons. The van der Waals surface area contributed by atoms with Gasteiger partial charge in [-0.2, -0.15) is 0 Å². The fraction of sp³-hybridized carbons (Fsp3) is 0.833. The lowest BCUT2D eigenvalue weighted by Gasteiger charge is -2.36. The predicted molar refractivity (Wildman–Crippen MR) is 147 cm³/mol. The number of carboxylic acids is 3. The zero-order valence-electron chi connectivity index (χ0n) is 23.6. The van der Waals surface area contributed by atoms with Crippen LogP contribution in [0.25, 0.3) is 0 Å². The lowest BCUT2D eigenvalue weighted by Crippen LogP contribution is -2.59. The molecule has 0 fully saturated rings. The molecule has 0 aliphatic carbocycles. The van der Waals surface area contributed by atoms with Crippen molar-refractivity contribution in [3.8, 4) is 0 Å². The molecule has 0 aromatic carbocycles. The lowest BCUT2D eigenvalue weighted by molar-refractivity contribution is -0.909. The molecule has 0 atom stereocenters. The van der Waals surface area contributed by atoms with Crippen LogP contribution in [0.1, 0.15) is 135 Å². The first kappa shape index (κ1) is 35.1. The number of allylic oxidation sites excluding steroid dienone is 2. The monoisotopic (exact) mass is 525 g/mol. The van der Waals surface area contributed by atoms with Gasteiger partial charge >= 0.3 is 11.9 Å². The van der Waals surface area contributed by atoms with E-state index >= 15 is 0 Å². The minimum atomic E-state index is -1.42. The molecule has 2 N–H and O–H groups in total. The molecule has 0 rings (SSSR count). The van der Waals surface area contributed by atoms with Crippen molar-refractivity contribution >= 4 is 17.9 Å². The molecular weight excluding hydrogens is 470 g/mol. The number of carboxylic acid groups (broad SMARTS) is 3. The van der Waals surface area contributed by atoms with E-state index in [1.807, 2.05) is 0 Å². The van der Waals surface area contributed by atoms with Crippen LogP contribution in [0.15, 0.2) is 12.2 Å². The molecular formula is C30H55NO6. The van der Waals surface area contributed by atoms with E-state index < -0.39 is 42.0 Å². The van der Waals surface area contributed by atoms with Crippen molar-refractivity contribution in [2.75, 3.05) is 26.2 Å². The van der Waals surface area contributed by atoms with E-state index in [4.69, 9.17) is 10.2 Å². The Kier molecular flexibility index (Phi) is 23.2. The zero-order chi connectivity index (χ0) is 27.6. The van der Waals surface area contributed by atoms with Gasteiger partial charge in [-0.1, -0.05) is 109 Å². The van der Waals surface area contributed by atoms with Crippen molar-refractivity contribution < 1.29 is 34.2 Å². The van der Waals surface area contributed by atoms with Gasteiger partial charge in [0.05, 0.1) is 12.5 Å². The largest absolute Gasteiger partial charge is 0.544 e. The number of nitrogens with zero attached hydrogens (tertiary/aromatic N) is 1. The minimum Gasteiger partial charge on any atom is -0.544 e. The first-order chi connectivity index (χ1) is 17.8. The van der Waals surface area contributed by atoms with E-state index in [-0.39, 0.29) is 6.54 Å². The average molecular weight is 526 g/mol. The summed E-state index contributed by atoms with van der Waals surface area (Å²) in [6, 6.07) is 0. The van der Waals surface area contributed by atoms with Gasteiger partial charge in [-0.05, 0) is 38.5 Å². The Labute approximate surface area is 225 Å². The highest BCUT2D eigenvalue weighted by Crippen LogP contribution is 2.15. The molecule has 0 bridgehead atoms. The topological polar surface area (TPSA) is 115 Å². The van der Waals surface area contributed by atoms with Crippen LogP contribution in [0.4, 0.5) is 0 Å². The van der Waals surface area contributed by atoms with Crippen molar-refractivity contribution in [2.24, 2.45) is 0 Å². The van der Waals surface area contributed by atoms with Gasteiger partial charge in [0.15, 0.2) is 13.1 Å². The predicted octanol–water partition coefficient (Wildman–Crippen LogP) is 6.10. The molecule has 7 heteroatoms. The number of carbonyl (C=O) groups is 3. The number of hydrogen-bond acceptors (Lipinski definition) is 4. The van der Waals surface area contributed by atoms with Crippen LogP contribution >= 0.6 is 0 Å². The van der Waals surface area contributed by atoms with Crippen molar-refractivity contribution in [3.05, 3.63) is 12.2 Å². The highest BCUT2D eigenvalue weighted by molar-refractivity contribution is 5.72. The van der Waals surface area contributed by atoms with Gasteiger partial charge in [0.1, 0.15) is 6.54 Å². The zero-order valence-corrected chi connectivity index (χ0v) is 23.6. The standard InChI is InChI=1S/C30H55NO6/c1-2-3-4-5-6-7-8-9-10-11-12-13-14-15-16-17-18-19-20-21-22-23-24-31(25-28(32)33,26-29(34)35)27-30(36)37/h11-12H,2-10,13-27H2,1H3,(H2-,32,33,34,35,36,37)/b12-11+. The van der Waals surface area contributed by atoms with Gasteiger partial charge in [0.25, 0.3) is 0 Å². The lowest BCUT2D eigenvalue weighted by atomic mass is 10.0. The highest BCUT2D eigenvalue weighted by atomic mass is 16.4. The second-order valence-corrected chi connectivity index (χ2v) is 10.8. The minimum absolute atomic E-state index is 0.222. The van der Waals surface area contributed by atoms with Gasteiger partial charge in [-0.15, -0.1) is 0 Å². The molecule has 216 valence electrons. The Hall–Kier alpha value is -1.89. The molecule has 0 spiro atoms. The summed E-state index contributed by atoms with van der Waals surface area (Å²) in [5.41, 5.74) is 0. The third kappa shape index (κ3) is 24.2. The summed E-state index contributed by atoms with van der Waals surface area (Å²) in [7, 11) is 0. The molecule has 0 aromatic rings. The van der Waals surface area contributed by atoms with Gasteiger partial charge in [-0.25, -0.2) is 9.59 Å². The Morgan fingerprint density at radius 2 is 0.919 bits per heavy atom. The summed E-state index contributed by atoms with van der Waals surface area (Å²) in [4.78, 5) is 33.4. The fourth-order valence-electron chi connectivity index (χ4n) is 5.01. The molecule has 0 unspecified atom stereocenters. The van der Waals surface area contributed by atoms with Crippen LogP contribution in [0, 0.1) is 0 Å². The summed E-state index contributed by atoms with van der Waals surface area (Å²) in [5.74, 6) is -3.81. The van der Waals surface area contributed by atoms with Crippen LogP contribution < -0.4 is 5.11 Å². The molecule has 0 saturated carbocycles. The maximum absolute atomic E-state index is 11.2. The van der Waals surface area contributed by atoms with Crippen LogP contribution in [0.5, 0.6) is 0 Å². The summed E-state index contributed by atoms with van der Waals surface area (Å²) in [6.07, 6.45) is 29.2. The van der Waals surface area contributed by atoms with E-state index in [9.17, 15) is 19.5 Å². The number of carbonyl (C=O) groups excluding carboxylic acids is 1. The van der Waals surface area contributed by atoms with Crippen LogP contribution in [0.2, 0.25) is 0 Å². The van der Waals surface area contributed by atoms with Crippen LogP contribution in [0.3, 0.4) is 0 Å². The van der Waals surface area contributed by atoms with Crippen molar-refractivity contribution in [2.45, 2.75) is 135 Å². The van der Waals surface area contributed by atoms with E-state index in [0.717, 1.165) is 19.3 Å². The quantitative estimate of drug-likeness (QED) is 0.0724. The van der Waals surface area contributed by atoms with E-state index in [1.165, 1.54) is 103 Å². The molecule has 7 nitrogen and oxygen atoms in total. The molecule has 0 aromatic heterocycles. The second kappa shape index (κ2) is 24.4. The summed E-state index contributed by atoms with van der Waals surface area (Å²) >= 11 is 0. The Morgan fingerprint density at radius 3 is 1.27 bits per heavy atom. The van der Waals surface area contributed by atoms with E-state index in [0.29, 0.717) is 6.42 Å². The third-order valence-electron chi connectivity index (χ3n) is 7.05. The van der Waals surface area contributed by atoms with Crippen molar-refractivity contribution in [3.63, 3.8) is 0 Å². The van der Waals surface area contributed by atoms with Crippen molar-refractivity contribution in [1.29, 1.82) is 0 Å². The van der Waals surface area contributed by atoms with Crippen molar-refractivity contribution in [1.82, 2.24) is 0 Å². The SMILES string of the molecule is CCCCCCCCCC/C=C/CCCCCCCCCCCC[N+](CC(=O)[O-])(CC(=O)O)CC(=O)O. The van der Waals surface area contributed by atoms with Gasteiger partial charge in [0, 0.05) is 0 Å².